The molecule has 0 aliphatic carbocycles. The van der Waals surface area contributed by atoms with E-state index in [-0.39, 0.29) is 5.84 Å². The Labute approximate surface area is 98.2 Å². The monoisotopic (exact) mass is 234 g/mol. The lowest BCUT2D eigenvalue weighted by Crippen LogP contribution is -2.15. The second kappa shape index (κ2) is 3.98. The molecule has 0 amide bonds. The minimum absolute atomic E-state index is 0.0188. The van der Waals surface area contributed by atoms with Gasteiger partial charge in [0.05, 0.1) is 16.9 Å². The van der Waals surface area contributed by atoms with Crippen molar-refractivity contribution in [3.8, 4) is 5.69 Å². The summed E-state index contributed by atoms with van der Waals surface area (Å²) in [6.07, 6.45) is 3.23. The average Bonchev–Trinajstić information content (AvgIpc) is 2.64. The van der Waals surface area contributed by atoms with E-state index in [1.807, 2.05) is 25.1 Å². The highest BCUT2D eigenvalue weighted by molar-refractivity contribution is 6.30. The van der Waals surface area contributed by atoms with Gasteiger partial charge in [-0.3, -0.25) is 5.41 Å². The van der Waals surface area contributed by atoms with Crippen LogP contribution in [0, 0.1) is 12.3 Å². The molecule has 3 N–H and O–H groups in total. The molecule has 0 bridgehead atoms. The Morgan fingerprint density at radius 1 is 1.50 bits per heavy atom. The SMILES string of the molecule is Cc1ccc(-n2cc(Cl)cn2)c(C(=N)N)c1. The number of rotatable bonds is 2. The van der Waals surface area contributed by atoms with Crippen molar-refractivity contribution in [2.75, 3.05) is 0 Å². The number of halogens is 1. The average molecular weight is 235 g/mol. The van der Waals surface area contributed by atoms with Gasteiger partial charge in [-0.15, -0.1) is 0 Å². The third-order valence-electron chi connectivity index (χ3n) is 2.24. The van der Waals surface area contributed by atoms with Crippen molar-refractivity contribution in [3.63, 3.8) is 0 Å². The molecule has 1 aromatic carbocycles. The third-order valence-corrected chi connectivity index (χ3v) is 2.44. The Morgan fingerprint density at radius 3 is 2.81 bits per heavy atom. The van der Waals surface area contributed by atoms with E-state index in [1.165, 1.54) is 0 Å². The summed E-state index contributed by atoms with van der Waals surface area (Å²) in [7, 11) is 0. The molecule has 0 aliphatic heterocycles. The van der Waals surface area contributed by atoms with Gasteiger partial charge >= 0.3 is 0 Å². The van der Waals surface area contributed by atoms with E-state index >= 15 is 0 Å². The minimum Gasteiger partial charge on any atom is -0.384 e. The maximum absolute atomic E-state index is 7.53. The zero-order chi connectivity index (χ0) is 11.7. The van der Waals surface area contributed by atoms with Crippen LogP contribution in [0.2, 0.25) is 5.02 Å². The van der Waals surface area contributed by atoms with Gasteiger partial charge in [-0.25, -0.2) is 4.68 Å². The van der Waals surface area contributed by atoms with Crippen molar-refractivity contribution in [2.45, 2.75) is 6.92 Å². The van der Waals surface area contributed by atoms with Gasteiger partial charge < -0.3 is 5.73 Å². The molecule has 16 heavy (non-hydrogen) atoms. The lowest BCUT2D eigenvalue weighted by atomic mass is 10.1. The summed E-state index contributed by atoms with van der Waals surface area (Å²) in [5.41, 5.74) is 7.99. The molecule has 1 aromatic heterocycles. The van der Waals surface area contributed by atoms with Gasteiger partial charge in [-0.1, -0.05) is 23.2 Å². The number of nitrogens with one attached hydrogen (secondary N) is 1. The zero-order valence-corrected chi connectivity index (χ0v) is 9.49. The Bertz CT molecular complexity index is 545. The molecule has 5 heteroatoms. The Morgan fingerprint density at radius 2 is 2.25 bits per heavy atom. The van der Waals surface area contributed by atoms with E-state index in [2.05, 4.69) is 5.10 Å². The summed E-state index contributed by atoms with van der Waals surface area (Å²) in [6.45, 7) is 1.95. The normalized spacial score (nSPS) is 10.4. The Hall–Kier alpha value is -1.81. The van der Waals surface area contributed by atoms with Crippen LogP contribution in [0.3, 0.4) is 0 Å². The first-order valence-electron chi connectivity index (χ1n) is 4.73. The van der Waals surface area contributed by atoms with Crippen LogP contribution >= 0.6 is 11.6 Å². The molecule has 82 valence electrons. The first-order valence-corrected chi connectivity index (χ1v) is 5.11. The predicted molar refractivity (Wildman–Crippen MR) is 64.3 cm³/mol. The molecule has 0 saturated heterocycles. The summed E-state index contributed by atoms with van der Waals surface area (Å²) in [5.74, 6) is 0.0188. The van der Waals surface area contributed by atoms with Crippen LogP contribution in [0.1, 0.15) is 11.1 Å². The van der Waals surface area contributed by atoms with Crippen molar-refractivity contribution in [1.82, 2.24) is 9.78 Å². The van der Waals surface area contributed by atoms with Gasteiger partial charge in [0.2, 0.25) is 0 Å². The Kier molecular flexibility index (Phi) is 2.66. The van der Waals surface area contributed by atoms with Crippen molar-refractivity contribution in [2.24, 2.45) is 5.73 Å². The maximum Gasteiger partial charge on any atom is 0.124 e. The van der Waals surface area contributed by atoms with Crippen LogP contribution < -0.4 is 5.73 Å². The standard InChI is InChI=1S/C11H11ClN4/c1-7-2-3-10(9(4-7)11(13)14)16-6-8(12)5-15-16/h2-6H,1H3,(H3,13,14). The second-order valence-corrected chi connectivity index (χ2v) is 3.97. The molecule has 0 radical (unpaired) electrons. The summed E-state index contributed by atoms with van der Waals surface area (Å²) in [4.78, 5) is 0. The largest absolute Gasteiger partial charge is 0.384 e. The molecule has 2 aromatic rings. The molecular formula is C11H11ClN4. The molecule has 0 unspecified atom stereocenters. The van der Waals surface area contributed by atoms with E-state index in [4.69, 9.17) is 22.7 Å². The van der Waals surface area contributed by atoms with Crippen LogP contribution in [0.15, 0.2) is 30.6 Å². The van der Waals surface area contributed by atoms with Gasteiger partial charge in [-0.05, 0) is 19.1 Å². The highest BCUT2D eigenvalue weighted by Gasteiger charge is 2.08. The highest BCUT2D eigenvalue weighted by atomic mass is 35.5. The van der Waals surface area contributed by atoms with E-state index in [0.29, 0.717) is 10.6 Å². The number of aromatic nitrogens is 2. The van der Waals surface area contributed by atoms with Crippen LogP contribution in [0.5, 0.6) is 0 Å². The number of nitrogens with zero attached hydrogens (tertiary/aromatic N) is 2. The highest BCUT2D eigenvalue weighted by Crippen LogP contribution is 2.17. The topological polar surface area (TPSA) is 67.7 Å². The zero-order valence-electron chi connectivity index (χ0n) is 8.74. The fourth-order valence-corrected chi connectivity index (χ4v) is 1.63. The number of aryl methyl sites for hydroxylation is 1. The fraction of sp³-hybridized carbons (Fsp3) is 0.0909. The molecule has 1 heterocycles. The summed E-state index contributed by atoms with van der Waals surface area (Å²) in [6, 6.07) is 5.67. The number of nitrogens with two attached hydrogens (primary N) is 1. The Balaban J connectivity index is 2.60. The van der Waals surface area contributed by atoms with E-state index < -0.39 is 0 Å². The van der Waals surface area contributed by atoms with Gasteiger partial charge in [0.1, 0.15) is 5.84 Å². The molecule has 0 aliphatic rings. The molecule has 2 rings (SSSR count). The number of benzene rings is 1. The number of hydrogen-bond donors (Lipinski definition) is 2. The van der Waals surface area contributed by atoms with Crippen molar-refractivity contribution >= 4 is 17.4 Å². The lowest BCUT2D eigenvalue weighted by molar-refractivity contribution is 0.877. The van der Waals surface area contributed by atoms with Gasteiger partial charge in [0.25, 0.3) is 0 Å². The van der Waals surface area contributed by atoms with Gasteiger partial charge in [0, 0.05) is 11.8 Å². The molecule has 0 spiro atoms. The third kappa shape index (κ3) is 1.92. The van der Waals surface area contributed by atoms with Gasteiger partial charge in [-0.2, -0.15) is 5.10 Å². The second-order valence-electron chi connectivity index (χ2n) is 3.54. The van der Waals surface area contributed by atoms with Crippen LogP contribution in [-0.2, 0) is 0 Å². The fourth-order valence-electron chi connectivity index (χ4n) is 1.50. The van der Waals surface area contributed by atoms with Crippen LogP contribution in [0.25, 0.3) is 5.69 Å². The number of amidine groups is 1. The molecule has 0 fully saturated rings. The summed E-state index contributed by atoms with van der Waals surface area (Å²) >= 11 is 5.81. The van der Waals surface area contributed by atoms with E-state index in [9.17, 15) is 0 Å². The van der Waals surface area contributed by atoms with Crippen molar-refractivity contribution in [1.29, 1.82) is 5.41 Å². The molecule has 0 saturated carbocycles. The first kappa shape index (κ1) is 10.7. The van der Waals surface area contributed by atoms with E-state index in [1.54, 1.807) is 17.1 Å². The van der Waals surface area contributed by atoms with Crippen molar-refractivity contribution < 1.29 is 0 Å². The number of hydrogen-bond acceptors (Lipinski definition) is 2. The van der Waals surface area contributed by atoms with Crippen LogP contribution in [0.4, 0.5) is 0 Å². The first-order chi connectivity index (χ1) is 7.58. The smallest absolute Gasteiger partial charge is 0.124 e. The van der Waals surface area contributed by atoms with Crippen LogP contribution in [-0.4, -0.2) is 15.6 Å². The molecule has 4 nitrogen and oxygen atoms in total. The van der Waals surface area contributed by atoms with E-state index in [0.717, 1.165) is 11.3 Å². The maximum atomic E-state index is 7.53. The minimum atomic E-state index is 0.0188. The lowest BCUT2D eigenvalue weighted by Gasteiger charge is -2.08. The predicted octanol–water partition coefficient (Wildman–Crippen LogP) is 2.12. The number of nitrogen functional groups attached to an aromatic ring is 1. The molecular weight excluding hydrogens is 224 g/mol. The van der Waals surface area contributed by atoms with Crippen molar-refractivity contribution in [3.05, 3.63) is 46.7 Å². The summed E-state index contributed by atoms with van der Waals surface area (Å²) < 4.78 is 1.61. The summed E-state index contributed by atoms with van der Waals surface area (Å²) in [5, 5.41) is 12.2. The molecule has 0 atom stereocenters. The van der Waals surface area contributed by atoms with Gasteiger partial charge in [0.15, 0.2) is 0 Å². The quantitative estimate of drug-likeness (QED) is 0.617.